The fourth-order valence-corrected chi connectivity index (χ4v) is 2.37. The summed E-state index contributed by atoms with van der Waals surface area (Å²) in [6.07, 6.45) is 0.955. The van der Waals surface area contributed by atoms with Gasteiger partial charge in [-0.25, -0.2) is 4.98 Å². The molecule has 0 amide bonds. The highest BCUT2D eigenvalue weighted by molar-refractivity contribution is 6.31. The Morgan fingerprint density at radius 2 is 2.24 bits per heavy atom. The molecule has 0 aliphatic heterocycles. The molecule has 92 valence electrons. The van der Waals surface area contributed by atoms with Crippen LogP contribution in [0.3, 0.4) is 0 Å². The van der Waals surface area contributed by atoms with E-state index >= 15 is 0 Å². The van der Waals surface area contributed by atoms with Gasteiger partial charge in [0.25, 0.3) is 0 Å². The van der Waals surface area contributed by atoms with Crippen molar-refractivity contribution in [3.8, 4) is 0 Å². The highest BCUT2D eigenvalue weighted by atomic mass is 35.5. The summed E-state index contributed by atoms with van der Waals surface area (Å²) in [5, 5.41) is 0.755. The number of aromatic nitrogens is 2. The third-order valence-electron chi connectivity index (χ3n) is 3.10. The molecule has 1 heterocycles. The number of hydrogen-bond acceptors (Lipinski definition) is 2. The minimum Gasteiger partial charge on any atom is -0.330 e. The highest BCUT2D eigenvalue weighted by Gasteiger charge is 2.15. The minimum atomic E-state index is 0.381. The molecule has 0 radical (unpaired) electrons. The van der Waals surface area contributed by atoms with Crippen molar-refractivity contribution in [1.82, 2.24) is 9.55 Å². The summed E-state index contributed by atoms with van der Waals surface area (Å²) in [6, 6.07) is 5.84. The van der Waals surface area contributed by atoms with Gasteiger partial charge in [-0.15, -0.1) is 0 Å². The maximum atomic E-state index is 6.04. The number of nitrogens with zero attached hydrogens (tertiary/aromatic N) is 2. The first-order valence-corrected chi connectivity index (χ1v) is 6.41. The molecule has 2 N–H and O–H groups in total. The summed E-state index contributed by atoms with van der Waals surface area (Å²) in [5.74, 6) is 1.49. The van der Waals surface area contributed by atoms with Gasteiger partial charge in [0, 0.05) is 17.5 Å². The summed E-state index contributed by atoms with van der Waals surface area (Å²) in [6.45, 7) is 5.89. The first-order chi connectivity index (χ1) is 8.17. The number of nitrogens with two attached hydrogens (primary N) is 1. The van der Waals surface area contributed by atoms with Crippen LogP contribution in [-0.4, -0.2) is 16.1 Å². The SMILES string of the molecule is CCn1c(C(C)CCN)nc2ccc(Cl)cc21. The van der Waals surface area contributed by atoms with Gasteiger partial charge in [-0.2, -0.15) is 0 Å². The van der Waals surface area contributed by atoms with Crippen LogP contribution in [0.5, 0.6) is 0 Å². The lowest BCUT2D eigenvalue weighted by atomic mass is 10.1. The van der Waals surface area contributed by atoms with E-state index in [0.29, 0.717) is 12.5 Å². The average molecular weight is 252 g/mol. The molecule has 4 heteroatoms. The highest BCUT2D eigenvalue weighted by Crippen LogP contribution is 2.25. The number of fused-ring (bicyclic) bond motifs is 1. The quantitative estimate of drug-likeness (QED) is 0.907. The molecule has 1 aromatic carbocycles. The van der Waals surface area contributed by atoms with E-state index in [2.05, 4.69) is 18.4 Å². The second-order valence-corrected chi connectivity index (χ2v) is 4.76. The summed E-state index contributed by atoms with van der Waals surface area (Å²) >= 11 is 6.04. The van der Waals surface area contributed by atoms with Crippen molar-refractivity contribution >= 4 is 22.6 Å². The van der Waals surface area contributed by atoms with E-state index in [0.717, 1.165) is 34.8 Å². The third-order valence-corrected chi connectivity index (χ3v) is 3.33. The van der Waals surface area contributed by atoms with Gasteiger partial charge in [0.1, 0.15) is 5.82 Å². The number of benzene rings is 1. The van der Waals surface area contributed by atoms with Gasteiger partial charge in [-0.05, 0) is 38.1 Å². The Morgan fingerprint density at radius 3 is 2.88 bits per heavy atom. The van der Waals surface area contributed by atoms with Crippen LogP contribution in [0.15, 0.2) is 18.2 Å². The lowest BCUT2D eigenvalue weighted by molar-refractivity contribution is 0.599. The molecule has 1 aromatic heterocycles. The molecular formula is C13H18ClN3. The van der Waals surface area contributed by atoms with E-state index in [1.807, 2.05) is 18.2 Å². The van der Waals surface area contributed by atoms with Crippen LogP contribution in [0.4, 0.5) is 0 Å². The van der Waals surface area contributed by atoms with Gasteiger partial charge in [0.05, 0.1) is 11.0 Å². The summed E-state index contributed by atoms with van der Waals surface area (Å²) < 4.78 is 2.22. The molecule has 0 aliphatic rings. The fourth-order valence-electron chi connectivity index (χ4n) is 2.20. The van der Waals surface area contributed by atoms with E-state index in [1.165, 1.54) is 0 Å². The first-order valence-electron chi connectivity index (χ1n) is 6.03. The van der Waals surface area contributed by atoms with Crippen LogP contribution in [0.1, 0.15) is 32.0 Å². The van der Waals surface area contributed by atoms with Gasteiger partial charge in [-0.1, -0.05) is 18.5 Å². The maximum Gasteiger partial charge on any atom is 0.112 e. The average Bonchev–Trinajstić information content (AvgIpc) is 2.67. The number of rotatable bonds is 4. The van der Waals surface area contributed by atoms with Crippen LogP contribution in [0.25, 0.3) is 11.0 Å². The lowest BCUT2D eigenvalue weighted by Gasteiger charge is -2.12. The molecule has 0 saturated heterocycles. The maximum absolute atomic E-state index is 6.04. The first kappa shape index (κ1) is 12.4. The summed E-state index contributed by atoms with van der Waals surface area (Å²) in [7, 11) is 0. The third kappa shape index (κ3) is 2.31. The van der Waals surface area contributed by atoms with Crippen molar-refractivity contribution in [2.75, 3.05) is 6.54 Å². The molecule has 2 rings (SSSR count). The van der Waals surface area contributed by atoms with Crippen molar-refractivity contribution < 1.29 is 0 Å². The molecular weight excluding hydrogens is 234 g/mol. The zero-order valence-electron chi connectivity index (χ0n) is 10.3. The van der Waals surface area contributed by atoms with Gasteiger partial charge >= 0.3 is 0 Å². The summed E-state index contributed by atoms with van der Waals surface area (Å²) in [5.41, 5.74) is 7.74. The van der Waals surface area contributed by atoms with Crippen molar-refractivity contribution in [3.63, 3.8) is 0 Å². The predicted molar refractivity (Wildman–Crippen MR) is 72.5 cm³/mol. The second-order valence-electron chi connectivity index (χ2n) is 4.33. The monoisotopic (exact) mass is 251 g/mol. The van der Waals surface area contributed by atoms with E-state index in [1.54, 1.807) is 0 Å². The van der Waals surface area contributed by atoms with Crippen molar-refractivity contribution in [1.29, 1.82) is 0 Å². The van der Waals surface area contributed by atoms with Gasteiger partial charge in [-0.3, -0.25) is 0 Å². The lowest BCUT2D eigenvalue weighted by Crippen LogP contribution is -2.10. The Kier molecular flexibility index (Phi) is 3.69. The van der Waals surface area contributed by atoms with E-state index in [-0.39, 0.29) is 0 Å². The zero-order chi connectivity index (χ0) is 12.4. The van der Waals surface area contributed by atoms with Crippen LogP contribution in [-0.2, 0) is 6.54 Å². The number of halogens is 1. The zero-order valence-corrected chi connectivity index (χ0v) is 11.0. The molecule has 2 aromatic rings. The molecule has 0 fully saturated rings. The molecule has 3 nitrogen and oxygen atoms in total. The van der Waals surface area contributed by atoms with Gasteiger partial charge in [0.2, 0.25) is 0 Å². The van der Waals surface area contributed by atoms with Crippen molar-refractivity contribution in [2.24, 2.45) is 5.73 Å². The number of imidazole rings is 1. The largest absolute Gasteiger partial charge is 0.330 e. The Labute approximate surface area is 107 Å². The smallest absolute Gasteiger partial charge is 0.112 e. The Hall–Kier alpha value is -1.06. The Balaban J connectivity index is 2.55. The molecule has 0 spiro atoms. The minimum absolute atomic E-state index is 0.381. The Morgan fingerprint density at radius 1 is 1.47 bits per heavy atom. The number of hydrogen-bond donors (Lipinski definition) is 1. The van der Waals surface area contributed by atoms with Gasteiger partial charge in [0.15, 0.2) is 0 Å². The van der Waals surface area contributed by atoms with E-state index in [4.69, 9.17) is 22.3 Å². The molecule has 0 bridgehead atoms. The van der Waals surface area contributed by atoms with E-state index in [9.17, 15) is 0 Å². The predicted octanol–water partition coefficient (Wildman–Crippen LogP) is 3.16. The molecule has 17 heavy (non-hydrogen) atoms. The second kappa shape index (κ2) is 5.07. The van der Waals surface area contributed by atoms with Gasteiger partial charge < -0.3 is 10.3 Å². The molecule has 0 saturated carbocycles. The van der Waals surface area contributed by atoms with Crippen LogP contribution in [0.2, 0.25) is 5.02 Å². The topological polar surface area (TPSA) is 43.8 Å². The standard InChI is InChI=1S/C13H18ClN3/c1-3-17-12-8-10(14)4-5-11(12)16-13(17)9(2)6-7-15/h4-5,8-9H,3,6-7,15H2,1-2H3. The van der Waals surface area contributed by atoms with E-state index < -0.39 is 0 Å². The fraction of sp³-hybridized carbons (Fsp3) is 0.462. The van der Waals surface area contributed by atoms with Crippen LogP contribution in [0, 0.1) is 0 Å². The summed E-state index contributed by atoms with van der Waals surface area (Å²) in [4.78, 5) is 4.69. The molecule has 0 aliphatic carbocycles. The normalized spacial score (nSPS) is 13.2. The number of aryl methyl sites for hydroxylation is 1. The Bertz CT molecular complexity index is 519. The van der Waals surface area contributed by atoms with Crippen LogP contribution >= 0.6 is 11.6 Å². The van der Waals surface area contributed by atoms with Crippen molar-refractivity contribution in [2.45, 2.75) is 32.7 Å². The molecule has 1 unspecified atom stereocenters. The van der Waals surface area contributed by atoms with Crippen LogP contribution < -0.4 is 5.73 Å². The molecule has 1 atom stereocenters. The van der Waals surface area contributed by atoms with Crippen molar-refractivity contribution in [3.05, 3.63) is 29.0 Å².